The summed E-state index contributed by atoms with van der Waals surface area (Å²) in [4.78, 5) is 38.9. The predicted octanol–water partition coefficient (Wildman–Crippen LogP) is 3.41. The molecular formula is C26H34ClN5O4. The standard InChI is InChI=1S/C26H34ClN5O4/c1-25(2,3)36-24(35)29-17-26(18-5-4-6-19(27)15-18)11-9-20(10-12-26)32-23(34)8-7-21(30-32)31-14-13-28-22(33)16-31/h4-8,15,20H,9-14,16-17H2,1-3H3,(H,28,33)(H,29,35)/t20-,26+. The maximum atomic E-state index is 12.8. The van der Waals surface area contributed by atoms with Gasteiger partial charge in [-0.1, -0.05) is 23.7 Å². The number of rotatable bonds is 5. The number of amides is 2. The zero-order valence-electron chi connectivity index (χ0n) is 21.1. The van der Waals surface area contributed by atoms with Gasteiger partial charge < -0.3 is 20.3 Å². The molecule has 1 aliphatic carbocycles. The summed E-state index contributed by atoms with van der Waals surface area (Å²) in [6.07, 6.45) is 2.43. The second kappa shape index (κ2) is 10.5. The minimum absolute atomic E-state index is 0.0535. The molecule has 0 radical (unpaired) electrons. The first-order valence-corrected chi connectivity index (χ1v) is 12.8. The highest BCUT2D eigenvalue weighted by atomic mass is 35.5. The number of alkyl carbamates (subject to hydrolysis) is 1. The zero-order chi connectivity index (χ0) is 25.9. The van der Waals surface area contributed by atoms with Gasteiger partial charge in [0.05, 0.1) is 12.6 Å². The molecule has 2 fully saturated rings. The Morgan fingerprint density at radius 3 is 2.64 bits per heavy atom. The molecule has 0 atom stereocenters. The van der Waals surface area contributed by atoms with Crippen molar-refractivity contribution < 1.29 is 14.3 Å². The maximum absolute atomic E-state index is 12.8. The van der Waals surface area contributed by atoms with Crippen LogP contribution in [0.25, 0.3) is 0 Å². The van der Waals surface area contributed by atoms with Crippen LogP contribution in [0.15, 0.2) is 41.2 Å². The number of anilines is 1. The summed E-state index contributed by atoms with van der Waals surface area (Å²) >= 11 is 6.32. The van der Waals surface area contributed by atoms with Crippen LogP contribution in [-0.4, -0.2) is 53.6 Å². The molecule has 1 aliphatic heterocycles. The average Bonchev–Trinajstić information content (AvgIpc) is 2.82. The molecule has 1 aromatic carbocycles. The lowest BCUT2D eigenvalue weighted by Gasteiger charge is -2.41. The Bertz CT molecular complexity index is 1170. The summed E-state index contributed by atoms with van der Waals surface area (Å²) in [6.45, 7) is 7.33. The van der Waals surface area contributed by atoms with Crippen LogP contribution in [0.5, 0.6) is 0 Å². The van der Waals surface area contributed by atoms with Crippen LogP contribution in [-0.2, 0) is 14.9 Å². The Morgan fingerprint density at radius 2 is 1.97 bits per heavy atom. The normalized spacial score (nSPS) is 22.6. The topological polar surface area (TPSA) is 106 Å². The van der Waals surface area contributed by atoms with Gasteiger partial charge in [-0.2, -0.15) is 5.10 Å². The Hall–Kier alpha value is -3.07. The van der Waals surface area contributed by atoms with Crippen LogP contribution >= 0.6 is 11.6 Å². The van der Waals surface area contributed by atoms with Crippen molar-refractivity contribution >= 4 is 29.4 Å². The predicted molar refractivity (Wildman–Crippen MR) is 139 cm³/mol. The van der Waals surface area contributed by atoms with Crippen LogP contribution in [0.4, 0.5) is 10.6 Å². The number of nitrogens with one attached hydrogen (secondary N) is 2. The van der Waals surface area contributed by atoms with E-state index in [9.17, 15) is 14.4 Å². The number of hydrogen-bond acceptors (Lipinski definition) is 6. The number of piperazine rings is 1. The van der Waals surface area contributed by atoms with E-state index in [1.54, 1.807) is 10.7 Å². The van der Waals surface area contributed by atoms with E-state index in [1.165, 1.54) is 6.07 Å². The average molecular weight is 516 g/mol. The van der Waals surface area contributed by atoms with Crippen molar-refractivity contribution in [3.8, 4) is 0 Å². The fourth-order valence-corrected chi connectivity index (χ4v) is 5.21. The Labute approximate surface area is 216 Å². The molecule has 2 aromatic rings. The van der Waals surface area contributed by atoms with Crippen molar-refractivity contribution in [2.24, 2.45) is 0 Å². The van der Waals surface area contributed by atoms with Gasteiger partial charge in [0, 0.05) is 36.1 Å². The number of aromatic nitrogens is 2. The van der Waals surface area contributed by atoms with Gasteiger partial charge >= 0.3 is 6.09 Å². The number of carbonyl (C=O) groups excluding carboxylic acids is 2. The van der Waals surface area contributed by atoms with Gasteiger partial charge in [-0.05, 0) is 70.2 Å². The van der Waals surface area contributed by atoms with Crippen LogP contribution in [0, 0.1) is 0 Å². The van der Waals surface area contributed by atoms with Crippen LogP contribution in [0.2, 0.25) is 5.02 Å². The largest absolute Gasteiger partial charge is 0.444 e. The molecule has 2 heterocycles. The summed E-state index contributed by atoms with van der Waals surface area (Å²) in [5, 5.41) is 11.0. The maximum Gasteiger partial charge on any atom is 0.407 e. The second-order valence-electron chi connectivity index (χ2n) is 10.6. The highest BCUT2D eigenvalue weighted by Gasteiger charge is 2.39. The van der Waals surface area contributed by atoms with E-state index in [0.29, 0.717) is 43.3 Å². The summed E-state index contributed by atoms with van der Waals surface area (Å²) in [7, 11) is 0. The third kappa shape index (κ3) is 6.19. The van der Waals surface area contributed by atoms with Gasteiger partial charge in [0.1, 0.15) is 11.4 Å². The monoisotopic (exact) mass is 515 g/mol. The molecule has 2 N–H and O–H groups in total. The molecule has 2 aliphatic rings. The van der Waals surface area contributed by atoms with Crippen molar-refractivity contribution in [3.63, 3.8) is 0 Å². The van der Waals surface area contributed by atoms with Gasteiger partial charge in [0.15, 0.2) is 0 Å². The molecular weight excluding hydrogens is 482 g/mol. The number of hydrogen-bond donors (Lipinski definition) is 2. The molecule has 0 spiro atoms. The van der Waals surface area contributed by atoms with E-state index >= 15 is 0 Å². The first kappa shape index (κ1) is 26.0. The highest BCUT2D eigenvalue weighted by molar-refractivity contribution is 6.30. The minimum atomic E-state index is -0.585. The van der Waals surface area contributed by atoms with Crippen LogP contribution < -0.4 is 21.1 Å². The smallest absolute Gasteiger partial charge is 0.407 e. The number of ether oxygens (including phenoxy) is 1. The first-order chi connectivity index (χ1) is 17.0. The fraction of sp³-hybridized carbons (Fsp3) is 0.538. The van der Waals surface area contributed by atoms with E-state index in [-0.39, 0.29) is 29.5 Å². The molecule has 36 heavy (non-hydrogen) atoms. The minimum Gasteiger partial charge on any atom is -0.444 e. The Balaban J connectivity index is 1.53. The molecule has 1 aromatic heterocycles. The number of halogens is 1. The highest BCUT2D eigenvalue weighted by Crippen LogP contribution is 2.43. The van der Waals surface area contributed by atoms with Gasteiger partial charge in [-0.25, -0.2) is 9.48 Å². The Morgan fingerprint density at radius 1 is 1.22 bits per heavy atom. The molecule has 194 valence electrons. The molecule has 0 unspecified atom stereocenters. The summed E-state index contributed by atoms with van der Waals surface area (Å²) < 4.78 is 7.01. The summed E-state index contributed by atoms with van der Waals surface area (Å²) in [5.41, 5.74) is -0.0345. The van der Waals surface area contributed by atoms with Crippen LogP contribution in [0.1, 0.15) is 58.1 Å². The van der Waals surface area contributed by atoms with E-state index in [1.807, 2.05) is 49.9 Å². The zero-order valence-corrected chi connectivity index (χ0v) is 21.8. The third-order valence-corrected chi connectivity index (χ3v) is 7.07. The van der Waals surface area contributed by atoms with Gasteiger partial charge in [-0.15, -0.1) is 0 Å². The molecule has 10 heteroatoms. The van der Waals surface area contributed by atoms with E-state index < -0.39 is 11.7 Å². The lowest BCUT2D eigenvalue weighted by Crippen LogP contribution is -2.48. The first-order valence-electron chi connectivity index (χ1n) is 12.4. The summed E-state index contributed by atoms with van der Waals surface area (Å²) in [6, 6.07) is 10.9. The van der Waals surface area contributed by atoms with E-state index in [4.69, 9.17) is 16.3 Å². The van der Waals surface area contributed by atoms with Gasteiger partial charge in [0.25, 0.3) is 5.56 Å². The Kier molecular flexibility index (Phi) is 7.59. The number of nitrogens with zero attached hydrogens (tertiary/aromatic N) is 3. The number of benzene rings is 1. The van der Waals surface area contributed by atoms with Gasteiger partial charge in [0.2, 0.25) is 5.91 Å². The molecule has 1 saturated heterocycles. The molecule has 1 saturated carbocycles. The fourth-order valence-electron chi connectivity index (χ4n) is 5.02. The SMILES string of the molecule is CC(C)(C)OC(=O)NC[C@]1(c2cccc(Cl)c2)CC[C@@H](n2nc(N3CCNC(=O)C3)ccc2=O)CC1. The van der Waals surface area contributed by atoms with Crippen molar-refractivity contribution in [1.82, 2.24) is 20.4 Å². The lowest BCUT2D eigenvalue weighted by atomic mass is 9.68. The molecule has 4 rings (SSSR count). The van der Waals surface area contributed by atoms with Crippen molar-refractivity contribution in [2.45, 2.75) is 63.5 Å². The van der Waals surface area contributed by atoms with Crippen molar-refractivity contribution in [1.29, 1.82) is 0 Å². The van der Waals surface area contributed by atoms with E-state index in [2.05, 4.69) is 15.7 Å². The quantitative estimate of drug-likeness (QED) is 0.632. The van der Waals surface area contributed by atoms with Crippen LogP contribution in [0.3, 0.4) is 0 Å². The summed E-state index contributed by atoms with van der Waals surface area (Å²) in [5.74, 6) is 0.574. The molecule has 0 bridgehead atoms. The third-order valence-electron chi connectivity index (χ3n) is 6.84. The lowest BCUT2D eigenvalue weighted by molar-refractivity contribution is -0.120. The second-order valence-corrected chi connectivity index (χ2v) is 11.1. The number of carbonyl (C=O) groups is 2. The van der Waals surface area contributed by atoms with Crippen molar-refractivity contribution in [2.75, 3.05) is 31.1 Å². The van der Waals surface area contributed by atoms with E-state index in [0.717, 1.165) is 18.4 Å². The van der Waals surface area contributed by atoms with Gasteiger partial charge in [-0.3, -0.25) is 9.59 Å². The molecule has 2 amide bonds. The van der Waals surface area contributed by atoms with Crippen molar-refractivity contribution in [3.05, 3.63) is 57.3 Å². The molecule has 9 nitrogen and oxygen atoms in total.